The summed E-state index contributed by atoms with van der Waals surface area (Å²) >= 11 is 0.822. The minimum Gasteiger partial charge on any atom is -0.454 e. The fraction of sp³-hybridized carbons (Fsp3) is 0.350. The van der Waals surface area contributed by atoms with Gasteiger partial charge in [-0.3, -0.25) is 25.3 Å². The average molecular weight is 454 g/mol. The molecule has 0 aliphatic heterocycles. The molecule has 3 rings (SSSR count). The van der Waals surface area contributed by atoms with Crippen LogP contribution < -0.4 is 10.9 Å². The molecule has 0 spiro atoms. The Balaban J connectivity index is 1.68. The van der Waals surface area contributed by atoms with Crippen molar-refractivity contribution in [2.75, 3.05) is 13.1 Å². The molecule has 0 aliphatic carbocycles. The molecule has 166 valence electrons. The maximum Gasteiger partial charge on any atom is 0.433 e. The van der Waals surface area contributed by atoms with Gasteiger partial charge in [-0.1, -0.05) is 13.8 Å². The third-order valence-corrected chi connectivity index (χ3v) is 5.95. The Labute approximate surface area is 180 Å². The lowest BCUT2D eigenvalue weighted by Gasteiger charge is -2.15. The highest BCUT2D eigenvalue weighted by Crippen LogP contribution is 2.34. The third-order valence-electron chi connectivity index (χ3n) is 4.75. The molecule has 0 fully saturated rings. The van der Waals surface area contributed by atoms with Crippen LogP contribution in [0, 0.1) is 6.92 Å². The van der Waals surface area contributed by atoms with E-state index in [1.54, 1.807) is 13.0 Å². The lowest BCUT2D eigenvalue weighted by Crippen LogP contribution is -2.41. The minimum absolute atomic E-state index is 0.0343. The zero-order valence-corrected chi connectivity index (χ0v) is 17.9. The molecule has 3 aromatic rings. The summed E-state index contributed by atoms with van der Waals surface area (Å²) in [5.74, 6) is -0.646. The first-order chi connectivity index (χ1) is 14.6. The number of nitrogens with zero attached hydrogens (tertiary/aromatic N) is 2. The number of carbonyl (C=O) groups excluding carboxylic acids is 2. The number of furan rings is 1. The second-order valence-electron chi connectivity index (χ2n) is 6.74. The van der Waals surface area contributed by atoms with Crippen molar-refractivity contribution in [3.63, 3.8) is 0 Å². The number of alkyl halides is 3. The van der Waals surface area contributed by atoms with Gasteiger partial charge >= 0.3 is 12.1 Å². The summed E-state index contributed by atoms with van der Waals surface area (Å²) in [6.07, 6.45) is -4.57. The fourth-order valence-corrected chi connectivity index (χ4v) is 4.03. The van der Waals surface area contributed by atoms with Gasteiger partial charge in [0.15, 0.2) is 5.76 Å². The van der Waals surface area contributed by atoms with Crippen molar-refractivity contribution in [3.05, 3.63) is 51.9 Å². The van der Waals surface area contributed by atoms with Crippen molar-refractivity contribution >= 4 is 33.4 Å². The van der Waals surface area contributed by atoms with Crippen LogP contribution in [0.1, 0.15) is 51.1 Å². The number of pyridine rings is 1. The Morgan fingerprint density at radius 1 is 1.10 bits per heavy atom. The van der Waals surface area contributed by atoms with E-state index < -0.39 is 23.7 Å². The van der Waals surface area contributed by atoms with E-state index in [1.807, 2.05) is 13.8 Å². The van der Waals surface area contributed by atoms with E-state index in [9.17, 15) is 22.8 Å². The number of aryl methyl sites for hydroxylation is 1. The number of hydrogen-bond donors (Lipinski definition) is 2. The summed E-state index contributed by atoms with van der Waals surface area (Å²) in [5, 5.41) is 0.446. The molecular formula is C20H21F3N4O3S. The van der Waals surface area contributed by atoms with Gasteiger partial charge in [-0.2, -0.15) is 13.2 Å². The molecule has 0 atom stereocenters. The summed E-state index contributed by atoms with van der Waals surface area (Å²) < 4.78 is 44.1. The average Bonchev–Trinajstić information content (AvgIpc) is 3.33. The van der Waals surface area contributed by atoms with Gasteiger partial charge in [-0.15, -0.1) is 11.3 Å². The first kappa shape index (κ1) is 22.8. The maximum atomic E-state index is 12.9. The van der Waals surface area contributed by atoms with Gasteiger partial charge < -0.3 is 4.42 Å². The van der Waals surface area contributed by atoms with E-state index in [4.69, 9.17) is 4.42 Å². The van der Waals surface area contributed by atoms with Crippen LogP contribution in [-0.4, -0.2) is 34.8 Å². The normalized spacial score (nSPS) is 11.8. The van der Waals surface area contributed by atoms with Gasteiger partial charge in [0.25, 0.3) is 5.91 Å². The molecule has 7 nitrogen and oxygen atoms in total. The molecule has 0 aliphatic rings. The molecule has 0 saturated heterocycles. The zero-order valence-electron chi connectivity index (χ0n) is 17.1. The zero-order chi connectivity index (χ0) is 22.8. The lowest BCUT2D eigenvalue weighted by molar-refractivity contribution is -0.140. The van der Waals surface area contributed by atoms with E-state index >= 15 is 0 Å². The molecule has 2 N–H and O–H groups in total. The number of thiophene rings is 1. The summed E-state index contributed by atoms with van der Waals surface area (Å²) in [6.45, 7) is 7.87. The molecule has 0 saturated carbocycles. The topological polar surface area (TPSA) is 87.5 Å². The van der Waals surface area contributed by atoms with Gasteiger partial charge in [-0.25, -0.2) is 4.98 Å². The standard InChI is InChI=1S/C20H21F3N4O3S/c1-4-27(5-2)10-12-6-8-14(30-12)17(28)25-26-18(29)16-11(3)13-7-9-15(20(21,22)23)24-19(13)31-16/h6-9H,4-5,10H2,1-3H3,(H,25,28)(H,26,29). The summed E-state index contributed by atoms with van der Waals surface area (Å²) in [7, 11) is 0. The van der Waals surface area contributed by atoms with Crippen molar-refractivity contribution in [2.24, 2.45) is 0 Å². The first-order valence-corrected chi connectivity index (χ1v) is 10.3. The molecule has 0 unspecified atom stereocenters. The number of nitrogens with one attached hydrogen (secondary N) is 2. The number of carbonyl (C=O) groups is 2. The third kappa shape index (κ3) is 5.05. The Bertz CT molecular complexity index is 1100. The number of rotatable bonds is 6. The van der Waals surface area contributed by atoms with Gasteiger partial charge in [0.05, 0.1) is 11.4 Å². The van der Waals surface area contributed by atoms with Gasteiger partial charge in [0, 0.05) is 5.39 Å². The highest BCUT2D eigenvalue weighted by Gasteiger charge is 2.33. The van der Waals surface area contributed by atoms with Crippen molar-refractivity contribution in [1.82, 2.24) is 20.7 Å². The van der Waals surface area contributed by atoms with Crippen LogP contribution in [0.4, 0.5) is 13.2 Å². The molecule has 31 heavy (non-hydrogen) atoms. The number of aromatic nitrogens is 1. The van der Waals surface area contributed by atoms with Gasteiger partial charge in [0.2, 0.25) is 0 Å². The Morgan fingerprint density at radius 2 is 1.77 bits per heavy atom. The molecular weight excluding hydrogens is 433 g/mol. The van der Waals surface area contributed by atoms with Crippen molar-refractivity contribution in [1.29, 1.82) is 0 Å². The van der Waals surface area contributed by atoms with Crippen LogP contribution in [0.15, 0.2) is 28.7 Å². The monoisotopic (exact) mass is 454 g/mol. The van der Waals surface area contributed by atoms with E-state index in [-0.39, 0.29) is 15.5 Å². The molecule has 0 radical (unpaired) electrons. The number of hydrazine groups is 1. The Morgan fingerprint density at radius 3 is 2.42 bits per heavy atom. The second kappa shape index (κ2) is 9.06. The van der Waals surface area contributed by atoms with Crippen LogP contribution in [0.25, 0.3) is 10.2 Å². The highest BCUT2D eigenvalue weighted by atomic mass is 32.1. The van der Waals surface area contributed by atoms with Crippen molar-refractivity contribution in [2.45, 2.75) is 33.5 Å². The smallest absolute Gasteiger partial charge is 0.433 e. The van der Waals surface area contributed by atoms with E-state index in [0.717, 1.165) is 30.5 Å². The van der Waals surface area contributed by atoms with Crippen LogP contribution in [0.5, 0.6) is 0 Å². The lowest BCUT2D eigenvalue weighted by atomic mass is 10.2. The second-order valence-corrected chi connectivity index (χ2v) is 7.74. The van der Waals surface area contributed by atoms with Crippen LogP contribution in [0.2, 0.25) is 0 Å². The highest BCUT2D eigenvalue weighted by molar-refractivity contribution is 7.20. The van der Waals surface area contributed by atoms with Gasteiger partial charge in [-0.05, 0) is 49.8 Å². The van der Waals surface area contributed by atoms with Crippen LogP contribution in [-0.2, 0) is 12.7 Å². The van der Waals surface area contributed by atoms with Crippen LogP contribution in [0.3, 0.4) is 0 Å². The van der Waals surface area contributed by atoms with E-state index in [1.165, 1.54) is 12.1 Å². The maximum absolute atomic E-state index is 12.9. The Hall–Kier alpha value is -2.92. The predicted molar refractivity (Wildman–Crippen MR) is 110 cm³/mol. The van der Waals surface area contributed by atoms with E-state index in [0.29, 0.717) is 23.3 Å². The molecule has 11 heteroatoms. The molecule has 3 heterocycles. The molecule has 2 amide bonds. The fourth-order valence-electron chi connectivity index (χ4n) is 2.96. The number of hydrogen-bond acceptors (Lipinski definition) is 6. The van der Waals surface area contributed by atoms with Crippen molar-refractivity contribution in [3.8, 4) is 0 Å². The van der Waals surface area contributed by atoms with Crippen LogP contribution >= 0.6 is 11.3 Å². The summed E-state index contributed by atoms with van der Waals surface area (Å²) in [5.41, 5.74) is 3.98. The predicted octanol–water partition coefficient (Wildman–Crippen LogP) is 4.13. The molecule has 3 aromatic heterocycles. The summed E-state index contributed by atoms with van der Waals surface area (Å²) in [4.78, 5) is 30.7. The Kier molecular flexibility index (Phi) is 6.65. The summed E-state index contributed by atoms with van der Waals surface area (Å²) in [6, 6.07) is 5.35. The number of amides is 2. The minimum atomic E-state index is -4.57. The quantitative estimate of drug-likeness (QED) is 0.547. The molecule has 0 bridgehead atoms. The van der Waals surface area contributed by atoms with E-state index in [2.05, 4.69) is 20.7 Å². The number of fused-ring (bicyclic) bond motifs is 1. The van der Waals surface area contributed by atoms with Crippen molar-refractivity contribution < 1.29 is 27.2 Å². The largest absolute Gasteiger partial charge is 0.454 e. The first-order valence-electron chi connectivity index (χ1n) is 9.53. The molecule has 0 aromatic carbocycles. The number of halogens is 3. The van der Waals surface area contributed by atoms with Gasteiger partial charge in [0.1, 0.15) is 16.3 Å². The SMILES string of the molecule is CCN(CC)Cc1ccc(C(=O)NNC(=O)c2sc3nc(C(F)(F)F)ccc3c2C)o1.